The van der Waals surface area contributed by atoms with E-state index in [9.17, 15) is 9.59 Å². The van der Waals surface area contributed by atoms with Gasteiger partial charge in [0.05, 0.1) is 0 Å². The molecule has 0 aliphatic carbocycles. The predicted molar refractivity (Wildman–Crippen MR) is 71.8 cm³/mol. The fraction of sp³-hybridized carbons (Fsp3) is 0.231. The van der Waals surface area contributed by atoms with Crippen molar-refractivity contribution in [2.75, 3.05) is 6.54 Å². The summed E-state index contributed by atoms with van der Waals surface area (Å²) in [5.41, 5.74) is 7.47. The minimum absolute atomic E-state index is 0.227. The van der Waals surface area contributed by atoms with E-state index in [-0.39, 0.29) is 11.6 Å². The largest absolute Gasteiger partial charge is 0.347 e. The maximum Gasteiger partial charge on any atom is 0.323 e. The molecule has 0 saturated heterocycles. The lowest BCUT2D eigenvalue weighted by Crippen LogP contribution is -2.23. The number of hydrogen-bond acceptors (Lipinski definition) is 3. The van der Waals surface area contributed by atoms with Gasteiger partial charge in [0.15, 0.2) is 0 Å². The number of rotatable bonds is 5. The second kappa shape index (κ2) is 6.01. The first-order chi connectivity index (χ1) is 9.19. The van der Waals surface area contributed by atoms with Crippen molar-refractivity contribution in [3.63, 3.8) is 0 Å². The number of imidazole rings is 1. The van der Waals surface area contributed by atoms with Gasteiger partial charge in [-0.15, -0.1) is 0 Å². The Labute approximate surface area is 110 Å². The zero-order chi connectivity index (χ0) is 13.7. The number of carbonyl (C=O) groups is 1. The van der Waals surface area contributed by atoms with Gasteiger partial charge in [-0.2, -0.15) is 0 Å². The molecule has 5 N–H and O–H groups in total. The monoisotopic (exact) mass is 260 g/mol. The number of aromatic amines is 2. The Bertz CT molecular complexity index is 598. The summed E-state index contributed by atoms with van der Waals surface area (Å²) in [6, 6.07) is 7.88. The first kappa shape index (κ1) is 13.1. The normalized spacial score (nSPS) is 10.4. The molecule has 1 heterocycles. The number of nitrogens with one attached hydrogen (secondary N) is 3. The van der Waals surface area contributed by atoms with Crippen LogP contribution in [-0.4, -0.2) is 22.4 Å². The Hall–Kier alpha value is -2.34. The summed E-state index contributed by atoms with van der Waals surface area (Å²) in [5, 5.41) is 2.73. The van der Waals surface area contributed by atoms with Crippen molar-refractivity contribution in [3.8, 4) is 0 Å². The maximum atomic E-state index is 11.7. The number of amides is 1. The van der Waals surface area contributed by atoms with Crippen LogP contribution in [0.25, 0.3) is 0 Å². The van der Waals surface area contributed by atoms with E-state index in [0.717, 1.165) is 12.0 Å². The molecule has 0 saturated carbocycles. The molecule has 0 atom stereocenters. The highest BCUT2D eigenvalue weighted by Gasteiger charge is 2.06. The molecule has 0 aliphatic heterocycles. The van der Waals surface area contributed by atoms with E-state index in [4.69, 9.17) is 5.73 Å². The van der Waals surface area contributed by atoms with Gasteiger partial charge >= 0.3 is 5.69 Å². The summed E-state index contributed by atoms with van der Waals surface area (Å²) in [7, 11) is 0. The van der Waals surface area contributed by atoms with E-state index in [1.807, 2.05) is 24.3 Å². The number of carbonyl (C=O) groups excluding carboxylic acids is 1. The lowest BCUT2D eigenvalue weighted by molar-refractivity contribution is 0.0946. The number of hydrogen-bond donors (Lipinski definition) is 4. The van der Waals surface area contributed by atoms with Crippen LogP contribution in [0.5, 0.6) is 0 Å². The quantitative estimate of drug-likeness (QED) is 0.614. The smallest absolute Gasteiger partial charge is 0.323 e. The van der Waals surface area contributed by atoms with E-state index >= 15 is 0 Å². The van der Waals surface area contributed by atoms with Crippen LogP contribution in [-0.2, 0) is 13.0 Å². The molecular formula is C13H16N4O2. The van der Waals surface area contributed by atoms with Crippen LogP contribution < -0.4 is 16.7 Å². The Morgan fingerprint density at radius 2 is 1.89 bits per heavy atom. The summed E-state index contributed by atoms with van der Waals surface area (Å²) in [6.45, 7) is 1.03. The zero-order valence-corrected chi connectivity index (χ0v) is 10.4. The first-order valence-corrected chi connectivity index (χ1v) is 6.03. The summed E-state index contributed by atoms with van der Waals surface area (Å²) >= 11 is 0. The summed E-state index contributed by atoms with van der Waals surface area (Å²) in [4.78, 5) is 27.3. The van der Waals surface area contributed by atoms with Crippen LogP contribution in [0.4, 0.5) is 0 Å². The minimum atomic E-state index is -0.392. The van der Waals surface area contributed by atoms with Crippen LogP contribution in [0, 0.1) is 0 Å². The molecule has 1 aromatic heterocycles. The third-order valence-electron chi connectivity index (χ3n) is 2.75. The molecular weight excluding hydrogens is 244 g/mol. The highest BCUT2D eigenvalue weighted by molar-refractivity contribution is 5.91. The molecule has 0 unspecified atom stereocenters. The van der Waals surface area contributed by atoms with Gasteiger partial charge in [0.2, 0.25) is 0 Å². The lowest BCUT2D eigenvalue weighted by atomic mass is 10.1. The fourth-order valence-electron chi connectivity index (χ4n) is 1.72. The van der Waals surface area contributed by atoms with E-state index in [1.54, 1.807) is 0 Å². The zero-order valence-electron chi connectivity index (χ0n) is 10.4. The Balaban J connectivity index is 1.91. The van der Waals surface area contributed by atoms with E-state index in [0.29, 0.717) is 13.1 Å². The lowest BCUT2D eigenvalue weighted by Gasteiger charge is -2.05. The van der Waals surface area contributed by atoms with Crippen molar-refractivity contribution in [3.05, 3.63) is 57.8 Å². The van der Waals surface area contributed by atoms with Gasteiger partial charge in [-0.25, -0.2) is 4.79 Å². The van der Waals surface area contributed by atoms with Crippen LogP contribution >= 0.6 is 0 Å². The minimum Gasteiger partial charge on any atom is -0.347 e. The summed E-state index contributed by atoms with van der Waals surface area (Å²) < 4.78 is 0. The second-order valence-electron chi connectivity index (χ2n) is 4.19. The molecule has 0 aliphatic rings. The van der Waals surface area contributed by atoms with Crippen LogP contribution in [0.3, 0.4) is 0 Å². The average Bonchev–Trinajstić information content (AvgIpc) is 2.85. The van der Waals surface area contributed by atoms with Gasteiger partial charge in [-0.05, 0) is 24.1 Å². The fourth-order valence-corrected chi connectivity index (χ4v) is 1.72. The Morgan fingerprint density at radius 3 is 2.47 bits per heavy atom. The molecule has 2 rings (SSSR count). The topological polar surface area (TPSA) is 104 Å². The molecule has 1 aromatic carbocycles. The molecule has 19 heavy (non-hydrogen) atoms. The number of nitrogens with two attached hydrogens (primary N) is 1. The summed E-state index contributed by atoms with van der Waals surface area (Å²) in [6.07, 6.45) is 2.19. The van der Waals surface area contributed by atoms with Gasteiger partial charge in [0, 0.05) is 12.7 Å². The number of aromatic nitrogens is 2. The number of H-pyrrole nitrogens is 2. The predicted octanol–water partition coefficient (Wildman–Crippen LogP) is 0.134. The van der Waals surface area contributed by atoms with Crippen molar-refractivity contribution in [2.45, 2.75) is 13.0 Å². The third kappa shape index (κ3) is 3.56. The van der Waals surface area contributed by atoms with E-state index in [1.165, 1.54) is 11.8 Å². The molecule has 0 bridgehead atoms. The standard InChI is InChI=1S/C13H16N4O2/c14-6-5-9-1-3-10(4-2-9)7-15-12(18)11-8-16-13(19)17-11/h1-4,8H,5-7,14H2,(H,15,18)(H2,16,17,19). The van der Waals surface area contributed by atoms with Gasteiger partial charge in [0.25, 0.3) is 5.91 Å². The molecule has 0 fully saturated rings. The molecule has 0 spiro atoms. The van der Waals surface area contributed by atoms with E-state index < -0.39 is 5.69 Å². The second-order valence-corrected chi connectivity index (χ2v) is 4.19. The maximum absolute atomic E-state index is 11.7. The third-order valence-corrected chi connectivity index (χ3v) is 2.75. The van der Waals surface area contributed by atoms with Gasteiger partial charge < -0.3 is 21.0 Å². The van der Waals surface area contributed by atoms with E-state index in [2.05, 4.69) is 15.3 Å². The number of benzene rings is 1. The molecule has 6 heteroatoms. The van der Waals surface area contributed by atoms with Crippen LogP contribution in [0.2, 0.25) is 0 Å². The highest BCUT2D eigenvalue weighted by Crippen LogP contribution is 2.04. The van der Waals surface area contributed by atoms with Crippen molar-refractivity contribution in [2.24, 2.45) is 5.73 Å². The average molecular weight is 260 g/mol. The van der Waals surface area contributed by atoms with Crippen LogP contribution in [0.15, 0.2) is 35.3 Å². The van der Waals surface area contributed by atoms with Gasteiger partial charge in [-0.1, -0.05) is 24.3 Å². The van der Waals surface area contributed by atoms with Crippen molar-refractivity contribution in [1.29, 1.82) is 0 Å². The van der Waals surface area contributed by atoms with Crippen molar-refractivity contribution < 1.29 is 4.79 Å². The summed E-state index contributed by atoms with van der Waals surface area (Å²) in [5.74, 6) is -0.315. The Morgan fingerprint density at radius 1 is 1.21 bits per heavy atom. The van der Waals surface area contributed by atoms with Gasteiger partial charge in [0.1, 0.15) is 5.69 Å². The molecule has 100 valence electrons. The van der Waals surface area contributed by atoms with Crippen molar-refractivity contribution >= 4 is 5.91 Å². The highest BCUT2D eigenvalue weighted by atomic mass is 16.2. The Kier molecular flexibility index (Phi) is 4.15. The van der Waals surface area contributed by atoms with Crippen molar-refractivity contribution in [1.82, 2.24) is 15.3 Å². The van der Waals surface area contributed by atoms with Gasteiger partial charge in [-0.3, -0.25) is 4.79 Å². The molecule has 1 amide bonds. The molecule has 0 radical (unpaired) electrons. The SMILES string of the molecule is NCCc1ccc(CNC(=O)c2c[nH]c(=O)[nH]2)cc1. The molecule has 2 aromatic rings. The first-order valence-electron chi connectivity index (χ1n) is 6.03. The van der Waals surface area contributed by atoms with Crippen LogP contribution in [0.1, 0.15) is 21.6 Å². The molecule has 6 nitrogen and oxygen atoms in total.